The van der Waals surface area contributed by atoms with Crippen LogP contribution in [0.2, 0.25) is 0 Å². The fraction of sp³-hybridized carbons (Fsp3) is 0.683. The van der Waals surface area contributed by atoms with Crippen LogP contribution in [-0.2, 0) is 33.5 Å². The molecule has 4 N–H and O–H groups in total. The zero-order chi connectivity index (χ0) is 40.8. The van der Waals surface area contributed by atoms with E-state index in [1.165, 1.54) is 4.90 Å². The molecule has 1 heterocycles. The normalized spacial score (nSPS) is 22.4. The number of ketones is 1. The minimum atomic E-state index is -1.23. The van der Waals surface area contributed by atoms with Gasteiger partial charge in [0.25, 0.3) is 5.91 Å². The molecule has 55 heavy (non-hydrogen) atoms. The number of amides is 6. The average Bonchev–Trinajstić information content (AvgIpc) is 3.43. The Morgan fingerprint density at radius 2 is 1.51 bits per heavy atom. The molecule has 0 bridgehead atoms. The molecule has 14 nitrogen and oxygen atoms in total. The largest absolute Gasteiger partial charge is 0.449 e. The first kappa shape index (κ1) is 43.2. The molecule has 14 heteroatoms. The van der Waals surface area contributed by atoms with Crippen molar-refractivity contribution < 1.29 is 38.3 Å². The van der Waals surface area contributed by atoms with E-state index in [2.05, 4.69) is 35.1 Å². The van der Waals surface area contributed by atoms with Crippen molar-refractivity contribution in [2.75, 3.05) is 33.8 Å². The first-order valence-corrected chi connectivity index (χ1v) is 19.7. The van der Waals surface area contributed by atoms with E-state index in [-0.39, 0.29) is 53.9 Å². The number of ether oxygens (including phenoxy) is 1. The number of Topliss-reactive ketones (excluding diaryl/α,β-unsaturated/α-hetero) is 1. The van der Waals surface area contributed by atoms with E-state index in [0.717, 1.165) is 32.1 Å². The summed E-state index contributed by atoms with van der Waals surface area (Å²) in [6.07, 6.45) is 3.79. The number of likely N-dealkylation sites (tertiary alicyclic amines) is 1. The number of likely N-dealkylation sites (N-methyl/N-ethyl adjacent to an activating group) is 1. The SMILES string of the molecule is CC(C)COC(=O)N[C@H](C(=O)N1C[C@@H]2C([C@H]1C(=O)N[C@H](CC(C)C)C(=O)C(=O)NCC(=O)N[C@H](C(=O)N(C)C)c1ccccc1)C2(C)C)C1(C)CCCCC1. The van der Waals surface area contributed by atoms with Gasteiger partial charge in [-0.1, -0.05) is 98.1 Å². The van der Waals surface area contributed by atoms with Crippen LogP contribution in [0.25, 0.3) is 0 Å². The van der Waals surface area contributed by atoms with Crippen LogP contribution in [0.3, 0.4) is 0 Å². The van der Waals surface area contributed by atoms with Crippen LogP contribution in [0.5, 0.6) is 0 Å². The molecule has 1 unspecified atom stereocenters. The second-order valence-corrected chi connectivity index (χ2v) is 17.6. The molecule has 0 spiro atoms. The summed E-state index contributed by atoms with van der Waals surface area (Å²) >= 11 is 0. The van der Waals surface area contributed by atoms with Gasteiger partial charge in [-0.15, -0.1) is 0 Å². The molecule has 3 fully saturated rings. The highest BCUT2D eigenvalue weighted by Gasteiger charge is 2.70. The van der Waals surface area contributed by atoms with Crippen LogP contribution in [0.4, 0.5) is 4.79 Å². The van der Waals surface area contributed by atoms with Crippen molar-refractivity contribution in [3.05, 3.63) is 35.9 Å². The van der Waals surface area contributed by atoms with Gasteiger partial charge in [0, 0.05) is 20.6 Å². The molecule has 2 saturated carbocycles. The minimum absolute atomic E-state index is 0.0417. The van der Waals surface area contributed by atoms with Crippen molar-refractivity contribution in [1.29, 1.82) is 0 Å². The molecule has 1 aromatic rings. The summed E-state index contributed by atoms with van der Waals surface area (Å²) in [5.74, 6) is -4.07. The van der Waals surface area contributed by atoms with E-state index in [1.807, 2.05) is 34.6 Å². The maximum absolute atomic E-state index is 14.6. The van der Waals surface area contributed by atoms with Gasteiger partial charge in [-0.05, 0) is 59.3 Å². The highest BCUT2D eigenvalue weighted by atomic mass is 16.5. The summed E-state index contributed by atoms with van der Waals surface area (Å²) in [4.78, 5) is 97.5. The number of nitrogens with one attached hydrogen (secondary N) is 4. The molecule has 0 radical (unpaired) electrons. The van der Waals surface area contributed by atoms with Gasteiger partial charge in [-0.2, -0.15) is 0 Å². The molecule has 3 aliphatic rings. The van der Waals surface area contributed by atoms with Crippen LogP contribution in [0.1, 0.15) is 98.6 Å². The quantitative estimate of drug-likeness (QED) is 0.185. The predicted molar refractivity (Wildman–Crippen MR) is 206 cm³/mol. The number of piperidine rings is 1. The number of fused-ring (bicyclic) bond motifs is 1. The van der Waals surface area contributed by atoms with Crippen molar-refractivity contribution in [2.45, 2.75) is 111 Å². The zero-order valence-corrected chi connectivity index (χ0v) is 34.0. The second kappa shape index (κ2) is 18.0. The van der Waals surface area contributed by atoms with Crippen molar-refractivity contribution in [1.82, 2.24) is 31.1 Å². The highest BCUT2D eigenvalue weighted by Crippen LogP contribution is 2.65. The van der Waals surface area contributed by atoms with Gasteiger partial charge in [0.05, 0.1) is 19.2 Å². The number of benzene rings is 1. The van der Waals surface area contributed by atoms with Gasteiger partial charge in [0.1, 0.15) is 18.1 Å². The minimum Gasteiger partial charge on any atom is -0.449 e. The Morgan fingerprint density at radius 3 is 2.09 bits per heavy atom. The van der Waals surface area contributed by atoms with Crippen molar-refractivity contribution in [3.8, 4) is 0 Å². The lowest BCUT2D eigenvalue weighted by molar-refractivity contribution is -0.146. The maximum Gasteiger partial charge on any atom is 0.407 e. The van der Waals surface area contributed by atoms with E-state index in [9.17, 15) is 33.6 Å². The van der Waals surface area contributed by atoms with Crippen LogP contribution in [0, 0.1) is 34.5 Å². The van der Waals surface area contributed by atoms with Gasteiger partial charge >= 0.3 is 6.09 Å². The van der Waals surface area contributed by atoms with Gasteiger partial charge in [-0.25, -0.2) is 4.79 Å². The third kappa shape index (κ3) is 10.4. The Hall–Kier alpha value is -4.49. The number of carbonyl (C=O) groups excluding carboxylic acids is 7. The van der Waals surface area contributed by atoms with Crippen molar-refractivity contribution in [3.63, 3.8) is 0 Å². The summed E-state index contributed by atoms with van der Waals surface area (Å²) in [5, 5.41) is 10.7. The Morgan fingerprint density at radius 1 is 0.873 bits per heavy atom. The summed E-state index contributed by atoms with van der Waals surface area (Å²) in [6.45, 7) is 13.6. The highest BCUT2D eigenvalue weighted by molar-refractivity contribution is 6.38. The number of hydrogen-bond acceptors (Lipinski definition) is 8. The average molecular weight is 767 g/mol. The third-order valence-electron chi connectivity index (χ3n) is 11.6. The molecular weight excluding hydrogens is 704 g/mol. The topological polar surface area (TPSA) is 183 Å². The van der Waals surface area contributed by atoms with Gasteiger partial charge in [0.15, 0.2) is 0 Å². The molecular formula is C41H62N6O8. The first-order valence-electron chi connectivity index (χ1n) is 19.7. The smallest absolute Gasteiger partial charge is 0.407 e. The van der Waals surface area contributed by atoms with E-state index in [4.69, 9.17) is 4.74 Å². The van der Waals surface area contributed by atoms with Crippen LogP contribution in [-0.4, -0.2) is 103 Å². The molecule has 2 aliphatic carbocycles. The Balaban J connectivity index is 1.49. The number of hydrogen-bond donors (Lipinski definition) is 4. The van der Waals surface area contributed by atoms with Gasteiger partial charge < -0.3 is 35.8 Å². The van der Waals surface area contributed by atoms with Crippen LogP contribution in [0.15, 0.2) is 30.3 Å². The van der Waals surface area contributed by atoms with Gasteiger partial charge in [0.2, 0.25) is 29.4 Å². The number of alkyl carbamates (subject to hydrolysis) is 1. The van der Waals surface area contributed by atoms with Crippen LogP contribution >= 0.6 is 0 Å². The molecule has 1 saturated heterocycles. The van der Waals surface area contributed by atoms with E-state index in [0.29, 0.717) is 12.1 Å². The van der Waals surface area contributed by atoms with Crippen LogP contribution < -0.4 is 21.3 Å². The third-order valence-corrected chi connectivity index (χ3v) is 11.6. The standard InChI is InChI=1S/C41H62N6O8/c1-24(2)20-28(33(49)36(51)42-21-29(48)44-31(37(52)46(8)9)26-16-12-10-13-17-26)43-35(50)32-30-27(40(30,5)6)22-47(32)38(53)34(41(7)18-14-11-15-19-41)45-39(54)55-23-25(3)4/h10,12-13,16-17,24-25,27-28,30-32,34H,11,14-15,18-23H2,1-9H3,(H,42,51)(H,43,50)(H,44,48)(H,45,54)/t27-,28-,30?,31+,32+,34-/m1/s1. The van der Waals surface area contributed by atoms with E-state index < -0.39 is 65.7 Å². The zero-order valence-electron chi connectivity index (χ0n) is 34.0. The maximum atomic E-state index is 14.6. The molecule has 304 valence electrons. The monoisotopic (exact) mass is 766 g/mol. The summed E-state index contributed by atoms with van der Waals surface area (Å²) in [7, 11) is 3.13. The fourth-order valence-electron chi connectivity index (χ4n) is 8.33. The summed E-state index contributed by atoms with van der Waals surface area (Å²) < 4.78 is 5.43. The second-order valence-electron chi connectivity index (χ2n) is 17.6. The number of carbonyl (C=O) groups is 7. The molecule has 1 aliphatic heterocycles. The summed E-state index contributed by atoms with van der Waals surface area (Å²) in [5.41, 5.74) is -0.226. The Labute approximate surface area is 325 Å². The molecule has 6 amide bonds. The lowest BCUT2D eigenvalue weighted by Gasteiger charge is -2.43. The lowest BCUT2D eigenvalue weighted by atomic mass is 9.70. The molecule has 6 atom stereocenters. The molecule has 1 aromatic carbocycles. The van der Waals surface area contributed by atoms with E-state index >= 15 is 0 Å². The van der Waals surface area contributed by atoms with E-state index in [1.54, 1.807) is 49.3 Å². The molecule has 4 rings (SSSR count). The first-order chi connectivity index (χ1) is 25.8. The Kier molecular flexibility index (Phi) is 14.1. The molecule has 0 aromatic heterocycles. The van der Waals surface area contributed by atoms with Gasteiger partial charge in [-0.3, -0.25) is 28.8 Å². The number of rotatable bonds is 16. The Bertz CT molecular complexity index is 1590. The lowest BCUT2D eigenvalue weighted by Crippen LogP contribution is -2.61. The fourth-order valence-corrected chi connectivity index (χ4v) is 8.33. The van der Waals surface area contributed by atoms with Crippen molar-refractivity contribution in [2.24, 2.45) is 34.5 Å². The summed E-state index contributed by atoms with van der Waals surface area (Å²) in [6, 6.07) is 4.60. The number of nitrogens with zero attached hydrogens (tertiary/aromatic N) is 2. The van der Waals surface area contributed by atoms with Crippen molar-refractivity contribution >= 4 is 41.4 Å². The predicted octanol–water partition coefficient (Wildman–Crippen LogP) is 3.35.